The summed E-state index contributed by atoms with van der Waals surface area (Å²) in [4.78, 5) is 12.0. The Hall–Kier alpha value is -1.12. The minimum atomic E-state index is 0.0516. The zero-order valence-corrected chi connectivity index (χ0v) is 7.71. The van der Waals surface area contributed by atoms with Gasteiger partial charge in [0.2, 0.25) is 0 Å². The molecule has 3 nitrogen and oxygen atoms in total. The number of hydrogen-bond donors (Lipinski definition) is 0. The molecule has 0 bridgehead atoms. The fourth-order valence-electron chi connectivity index (χ4n) is 2.33. The number of nitrogens with zero attached hydrogens (tertiary/aromatic N) is 2. The molecule has 0 N–H and O–H groups in total. The first-order valence-corrected chi connectivity index (χ1v) is 4.79. The summed E-state index contributed by atoms with van der Waals surface area (Å²) in [5.74, 6) is 0.349. The molecular formula is C10H12N2O. The van der Waals surface area contributed by atoms with Gasteiger partial charge >= 0.3 is 0 Å². The quantitative estimate of drug-likeness (QED) is 0.597. The summed E-state index contributed by atoms with van der Waals surface area (Å²) in [6.45, 7) is 0. The molecular weight excluding hydrogens is 164 g/mol. The van der Waals surface area contributed by atoms with Gasteiger partial charge in [-0.05, 0) is 25.7 Å². The Morgan fingerprint density at radius 3 is 2.92 bits per heavy atom. The Balaban J connectivity index is 2.14. The Morgan fingerprint density at radius 2 is 2.23 bits per heavy atom. The maximum Gasteiger partial charge on any atom is 0.172 e. The van der Waals surface area contributed by atoms with Crippen molar-refractivity contribution in [1.82, 2.24) is 9.78 Å². The molecule has 0 saturated heterocycles. The number of rotatable bonds is 0. The van der Waals surface area contributed by atoms with Gasteiger partial charge in [0.25, 0.3) is 0 Å². The van der Waals surface area contributed by atoms with E-state index in [1.807, 2.05) is 11.7 Å². The molecule has 1 aromatic heterocycles. The van der Waals surface area contributed by atoms with Crippen LogP contribution < -0.4 is 0 Å². The van der Waals surface area contributed by atoms with Crippen molar-refractivity contribution in [3.8, 4) is 0 Å². The molecule has 2 aliphatic rings. The summed E-state index contributed by atoms with van der Waals surface area (Å²) >= 11 is 0. The van der Waals surface area contributed by atoms with Crippen molar-refractivity contribution >= 4 is 5.78 Å². The summed E-state index contributed by atoms with van der Waals surface area (Å²) in [5.41, 5.74) is 2.06. The highest BCUT2D eigenvalue weighted by atomic mass is 16.1. The maximum atomic E-state index is 12.0. The highest BCUT2D eigenvalue weighted by Crippen LogP contribution is 2.54. The molecule has 13 heavy (non-hydrogen) atoms. The standard InChI is InChI=1S/C10H12N2O/c1-12-8-2-3-10(4-5-10)9(13)7(8)6-11-12/h6H,2-5H2,1H3. The van der Waals surface area contributed by atoms with Gasteiger partial charge in [-0.25, -0.2) is 0 Å². The third-order valence-electron chi connectivity index (χ3n) is 3.48. The van der Waals surface area contributed by atoms with Gasteiger partial charge < -0.3 is 0 Å². The van der Waals surface area contributed by atoms with E-state index in [2.05, 4.69) is 5.10 Å². The third-order valence-corrected chi connectivity index (χ3v) is 3.48. The second-order valence-electron chi connectivity index (χ2n) is 4.24. The van der Waals surface area contributed by atoms with Crippen molar-refractivity contribution in [3.63, 3.8) is 0 Å². The molecule has 68 valence electrons. The minimum Gasteiger partial charge on any atom is -0.293 e. The number of carbonyl (C=O) groups excluding carboxylic acids is 1. The zero-order chi connectivity index (χ0) is 9.05. The lowest BCUT2D eigenvalue weighted by atomic mass is 9.84. The van der Waals surface area contributed by atoms with Crippen LogP contribution in [0.1, 0.15) is 35.3 Å². The first-order chi connectivity index (χ1) is 6.23. The van der Waals surface area contributed by atoms with E-state index in [1.54, 1.807) is 6.20 Å². The number of fused-ring (bicyclic) bond motifs is 1. The fraction of sp³-hybridized carbons (Fsp3) is 0.600. The van der Waals surface area contributed by atoms with Gasteiger partial charge in [0.1, 0.15) is 0 Å². The van der Waals surface area contributed by atoms with Gasteiger partial charge in [0.15, 0.2) is 5.78 Å². The van der Waals surface area contributed by atoms with Crippen LogP contribution in [0.15, 0.2) is 6.20 Å². The van der Waals surface area contributed by atoms with Crippen LogP contribution in [0.5, 0.6) is 0 Å². The first kappa shape index (κ1) is 7.30. The number of ketones is 1. The summed E-state index contributed by atoms with van der Waals surface area (Å²) in [5, 5.41) is 4.14. The SMILES string of the molecule is Cn1ncc2c1CCC1(CC1)C2=O. The van der Waals surface area contributed by atoms with Gasteiger partial charge in [0.05, 0.1) is 11.8 Å². The number of hydrogen-bond acceptors (Lipinski definition) is 2. The van der Waals surface area contributed by atoms with Crippen LogP contribution in [0.2, 0.25) is 0 Å². The van der Waals surface area contributed by atoms with Crippen LogP contribution in [0, 0.1) is 5.41 Å². The van der Waals surface area contributed by atoms with Gasteiger partial charge in [-0.3, -0.25) is 9.48 Å². The summed E-state index contributed by atoms with van der Waals surface area (Å²) < 4.78 is 1.84. The molecule has 0 aliphatic heterocycles. The van der Waals surface area contributed by atoms with Crippen molar-refractivity contribution < 1.29 is 4.79 Å². The number of aryl methyl sites for hydroxylation is 1. The van der Waals surface area contributed by atoms with Crippen LogP contribution in [0.25, 0.3) is 0 Å². The minimum absolute atomic E-state index is 0.0516. The van der Waals surface area contributed by atoms with E-state index >= 15 is 0 Å². The van der Waals surface area contributed by atoms with E-state index in [-0.39, 0.29) is 5.41 Å². The second-order valence-corrected chi connectivity index (χ2v) is 4.24. The van der Waals surface area contributed by atoms with E-state index in [1.165, 1.54) is 0 Å². The van der Waals surface area contributed by atoms with E-state index in [4.69, 9.17) is 0 Å². The molecule has 0 aromatic carbocycles. The average molecular weight is 176 g/mol. The lowest BCUT2D eigenvalue weighted by molar-refractivity contribution is 0.0879. The second kappa shape index (κ2) is 2.03. The van der Waals surface area contributed by atoms with Gasteiger partial charge in [0, 0.05) is 18.2 Å². The smallest absolute Gasteiger partial charge is 0.172 e. The van der Waals surface area contributed by atoms with Crippen LogP contribution in [-0.4, -0.2) is 15.6 Å². The average Bonchev–Trinajstić information content (AvgIpc) is 2.80. The van der Waals surface area contributed by atoms with Crippen LogP contribution in [0.3, 0.4) is 0 Å². The van der Waals surface area contributed by atoms with Crippen molar-refractivity contribution in [2.24, 2.45) is 12.5 Å². The maximum absolute atomic E-state index is 12.0. The predicted molar refractivity (Wildman–Crippen MR) is 47.5 cm³/mol. The normalized spacial score (nSPS) is 23.3. The summed E-state index contributed by atoms with van der Waals surface area (Å²) in [6.07, 6.45) is 5.99. The largest absolute Gasteiger partial charge is 0.293 e. The van der Waals surface area contributed by atoms with Gasteiger partial charge in [-0.15, -0.1) is 0 Å². The van der Waals surface area contributed by atoms with Crippen LogP contribution in [-0.2, 0) is 13.5 Å². The van der Waals surface area contributed by atoms with E-state index < -0.39 is 0 Å². The molecule has 1 aromatic rings. The Kier molecular flexibility index (Phi) is 1.14. The number of carbonyl (C=O) groups is 1. The van der Waals surface area contributed by atoms with Crippen LogP contribution >= 0.6 is 0 Å². The number of aromatic nitrogens is 2. The molecule has 1 fully saturated rings. The lowest BCUT2D eigenvalue weighted by Gasteiger charge is -2.19. The topological polar surface area (TPSA) is 34.9 Å². The van der Waals surface area contributed by atoms with Crippen molar-refractivity contribution in [3.05, 3.63) is 17.5 Å². The van der Waals surface area contributed by atoms with E-state index in [0.717, 1.165) is 36.9 Å². The van der Waals surface area contributed by atoms with Crippen molar-refractivity contribution in [2.75, 3.05) is 0 Å². The monoisotopic (exact) mass is 176 g/mol. The Bertz CT molecular complexity index is 388. The van der Waals surface area contributed by atoms with Gasteiger partial charge in [-0.1, -0.05) is 0 Å². The van der Waals surface area contributed by atoms with E-state index in [0.29, 0.717) is 5.78 Å². The Labute approximate surface area is 76.7 Å². The van der Waals surface area contributed by atoms with Crippen molar-refractivity contribution in [1.29, 1.82) is 0 Å². The first-order valence-electron chi connectivity index (χ1n) is 4.79. The molecule has 3 rings (SSSR count). The molecule has 1 heterocycles. The lowest BCUT2D eigenvalue weighted by Crippen LogP contribution is -2.24. The molecule has 2 aliphatic carbocycles. The predicted octanol–water partition coefficient (Wildman–Crippen LogP) is 1.33. The van der Waals surface area contributed by atoms with Crippen LogP contribution in [0.4, 0.5) is 0 Å². The van der Waals surface area contributed by atoms with E-state index in [9.17, 15) is 4.79 Å². The highest BCUT2D eigenvalue weighted by molar-refractivity contribution is 6.03. The molecule has 0 unspecified atom stereocenters. The highest BCUT2D eigenvalue weighted by Gasteiger charge is 2.52. The Morgan fingerprint density at radius 1 is 1.46 bits per heavy atom. The summed E-state index contributed by atoms with van der Waals surface area (Å²) in [6, 6.07) is 0. The molecule has 1 saturated carbocycles. The fourth-order valence-corrected chi connectivity index (χ4v) is 2.33. The summed E-state index contributed by atoms with van der Waals surface area (Å²) in [7, 11) is 1.91. The number of Topliss-reactive ketones (excluding diaryl/α,β-unsaturated/α-hetero) is 1. The van der Waals surface area contributed by atoms with Crippen molar-refractivity contribution in [2.45, 2.75) is 25.7 Å². The molecule has 3 heteroatoms. The molecule has 0 atom stereocenters. The molecule has 1 spiro atoms. The third kappa shape index (κ3) is 0.794. The molecule has 0 amide bonds. The van der Waals surface area contributed by atoms with Gasteiger partial charge in [-0.2, -0.15) is 5.10 Å². The zero-order valence-electron chi connectivity index (χ0n) is 7.71. The molecule has 0 radical (unpaired) electrons.